The highest BCUT2D eigenvalue weighted by molar-refractivity contribution is 5.75. The van der Waals surface area contributed by atoms with Crippen LogP contribution in [0.1, 0.15) is 46.0 Å². The van der Waals surface area contributed by atoms with Crippen LogP contribution in [0.4, 0.5) is 4.79 Å². The number of carboxylic acids is 1. The lowest BCUT2D eigenvalue weighted by Gasteiger charge is -2.40. The summed E-state index contributed by atoms with van der Waals surface area (Å²) in [4.78, 5) is 21.8. The first-order valence-corrected chi connectivity index (χ1v) is 6.73. The summed E-state index contributed by atoms with van der Waals surface area (Å²) in [7, 11) is 0. The third-order valence-electron chi connectivity index (χ3n) is 4.01. The number of urea groups is 1. The normalized spacial score (nSPS) is 18.1. The number of carbonyl (C=O) groups excluding carboxylic acids is 1. The third-order valence-corrected chi connectivity index (χ3v) is 4.01. The molecule has 0 unspecified atom stereocenters. The molecule has 1 fully saturated rings. The van der Waals surface area contributed by atoms with Gasteiger partial charge in [-0.2, -0.15) is 0 Å². The summed E-state index contributed by atoms with van der Waals surface area (Å²) in [6, 6.07) is -0.393. The van der Waals surface area contributed by atoms with Gasteiger partial charge in [-0.15, -0.1) is 0 Å². The molecule has 19 heavy (non-hydrogen) atoms. The van der Waals surface area contributed by atoms with Crippen LogP contribution < -0.4 is 10.6 Å². The van der Waals surface area contributed by atoms with E-state index in [4.69, 9.17) is 5.11 Å². The first-order valence-electron chi connectivity index (χ1n) is 6.73. The van der Waals surface area contributed by atoms with E-state index in [1.165, 1.54) is 0 Å². The van der Waals surface area contributed by atoms with Gasteiger partial charge in [0.15, 0.2) is 0 Å². The lowest BCUT2D eigenvalue weighted by molar-refractivity contribution is -0.136. The Balaban J connectivity index is 2.34. The van der Waals surface area contributed by atoms with Crippen molar-refractivity contribution in [2.45, 2.75) is 51.6 Å². The molecule has 4 N–H and O–H groups in total. The van der Waals surface area contributed by atoms with Gasteiger partial charge in [-0.1, -0.05) is 26.7 Å². The maximum absolute atomic E-state index is 11.5. The Morgan fingerprint density at radius 1 is 1.21 bits per heavy atom. The topological polar surface area (TPSA) is 98.7 Å². The van der Waals surface area contributed by atoms with Gasteiger partial charge in [0, 0.05) is 18.5 Å². The van der Waals surface area contributed by atoms with Crippen molar-refractivity contribution in [3.8, 4) is 0 Å². The van der Waals surface area contributed by atoms with Crippen LogP contribution in [0.2, 0.25) is 0 Å². The molecule has 1 rings (SSSR count). The fourth-order valence-electron chi connectivity index (χ4n) is 2.45. The fraction of sp³-hybridized carbons (Fsp3) is 0.846. The second-order valence-electron chi connectivity index (χ2n) is 5.88. The van der Waals surface area contributed by atoms with Gasteiger partial charge in [-0.25, -0.2) is 4.79 Å². The lowest BCUT2D eigenvalue weighted by Crippen LogP contribution is -2.51. The molecule has 1 aliphatic rings. The quantitative estimate of drug-likeness (QED) is 0.581. The van der Waals surface area contributed by atoms with Gasteiger partial charge >= 0.3 is 12.0 Å². The maximum Gasteiger partial charge on any atom is 0.314 e. The minimum absolute atomic E-state index is 0.0965. The van der Waals surface area contributed by atoms with Gasteiger partial charge in [-0.05, 0) is 12.8 Å². The van der Waals surface area contributed by atoms with E-state index in [1.807, 2.05) is 13.8 Å². The van der Waals surface area contributed by atoms with Crippen molar-refractivity contribution in [1.82, 2.24) is 10.6 Å². The highest BCUT2D eigenvalue weighted by atomic mass is 16.4. The first-order chi connectivity index (χ1) is 8.77. The average molecular weight is 272 g/mol. The van der Waals surface area contributed by atoms with Crippen LogP contribution in [0.3, 0.4) is 0 Å². The number of aliphatic hydroxyl groups is 1. The molecule has 0 saturated heterocycles. The Morgan fingerprint density at radius 2 is 1.79 bits per heavy atom. The average Bonchev–Trinajstić information content (AvgIpc) is 2.75. The van der Waals surface area contributed by atoms with E-state index in [0.29, 0.717) is 6.54 Å². The summed E-state index contributed by atoms with van der Waals surface area (Å²) in [5, 5.41) is 24.2. The van der Waals surface area contributed by atoms with E-state index >= 15 is 0 Å². The molecular weight excluding hydrogens is 248 g/mol. The molecule has 110 valence electrons. The highest BCUT2D eigenvalue weighted by Gasteiger charge is 2.45. The number of aliphatic carboxylic acids is 1. The Hall–Kier alpha value is -1.30. The third kappa shape index (κ3) is 4.38. The summed E-state index contributed by atoms with van der Waals surface area (Å²) < 4.78 is 0. The fourth-order valence-corrected chi connectivity index (χ4v) is 2.45. The Labute approximate surface area is 113 Å². The van der Waals surface area contributed by atoms with E-state index in [2.05, 4.69) is 10.6 Å². The van der Waals surface area contributed by atoms with E-state index in [1.54, 1.807) is 0 Å². The zero-order valence-electron chi connectivity index (χ0n) is 11.7. The molecule has 1 saturated carbocycles. The SMILES string of the molecule is CC(C)(CNC(=O)NCCC(=O)O)C1(O)CCCC1. The van der Waals surface area contributed by atoms with Crippen molar-refractivity contribution in [1.29, 1.82) is 0 Å². The molecule has 0 aromatic heterocycles. The van der Waals surface area contributed by atoms with Crippen LogP contribution in [0.15, 0.2) is 0 Å². The largest absolute Gasteiger partial charge is 0.481 e. The van der Waals surface area contributed by atoms with Gasteiger partial charge in [0.05, 0.1) is 12.0 Å². The summed E-state index contributed by atoms with van der Waals surface area (Å²) in [6.45, 7) is 4.35. The second-order valence-corrected chi connectivity index (χ2v) is 5.88. The van der Waals surface area contributed by atoms with Gasteiger partial charge in [0.2, 0.25) is 0 Å². The molecular formula is C13H24N2O4. The number of carboxylic acid groups (broad SMARTS) is 1. The predicted molar refractivity (Wildman–Crippen MR) is 70.9 cm³/mol. The molecule has 0 radical (unpaired) electrons. The first kappa shape index (κ1) is 15.8. The zero-order valence-corrected chi connectivity index (χ0v) is 11.7. The predicted octanol–water partition coefficient (Wildman–Crippen LogP) is 1.09. The molecule has 0 bridgehead atoms. The van der Waals surface area contributed by atoms with E-state index in [0.717, 1.165) is 25.7 Å². The molecule has 0 aromatic carbocycles. The molecule has 2 amide bonds. The van der Waals surface area contributed by atoms with Crippen LogP contribution in [-0.2, 0) is 4.79 Å². The van der Waals surface area contributed by atoms with E-state index in [-0.39, 0.29) is 13.0 Å². The monoisotopic (exact) mass is 272 g/mol. The summed E-state index contributed by atoms with van der Waals surface area (Å²) >= 11 is 0. The van der Waals surface area contributed by atoms with Crippen molar-refractivity contribution in [3.05, 3.63) is 0 Å². The maximum atomic E-state index is 11.5. The number of rotatable bonds is 6. The van der Waals surface area contributed by atoms with Crippen molar-refractivity contribution in [2.75, 3.05) is 13.1 Å². The van der Waals surface area contributed by atoms with Crippen molar-refractivity contribution >= 4 is 12.0 Å². The van der Waals surface area contributed by atoms with Crippen molar-refractivity contribution in [2.24, 2.45) is 5.41 Å². The van der Waals surface area contributed by atoms with Gasteiger partial charge in [-0.3, -0.25) is 4.79 Å². The molecule has 6 nitrogen and oxygen atoms in total. The molecule has 6 heteroatoms. The number of hydrogen-bond acceptors (Lipinski definition) is 3. The molecule has 0 aromatic rings. The Kier molecular flexibility index (Phi) is 5.17. The smallest absolute Gasteiger partial charge is 0.314 e. The molecule has 0 aliphatic heterocycles. The number of hydrogen-bond donors (Lipinski definition) is 4. The standard InChI is InChI=1S/C13H24N2O4/c1-12(2,13(19)6-3-4-7-13)9-15-11(18)14-8-5-10(16)17/h19H,3-9H2,1-2H3,(H,16,17)(H2,14,15,18). The zero-order chi connectivity index (χ0) is 14.5. The summed E-state index contributed by atoms with van der Waals surface area (Å²) in [5.41, 5.74) is -1.12. The summed E-state index contributed by atoms with van der Waals surface area (Å²) in [5.74, 6) is -0.944. The minimum Gasteiger partial charge on any atom is -0.481 e. The van der Waals surface area contributed by atoms with Gasteiger partial charge in [0.1, 0.15) is 0 Å². The van der Waals surface area contributed by atoms with Crippen molar-refractivity contribution in [3.63, 3.8) is 0 Å². The molecule has 1 aliphatic carbocycles. The van der Waals surface area contributed by atoms with Gasteiger partial charge in [0.25, 0.3) is 0 Å². The summed E-state index contributed by atoms with van der Waals surface area (Å²) in [6.07, 6.45) is 3.47. The van der Waals surface area contributed by atoms with E-state index in [9.17, 15) is 14.7 Å². The van der Waals surface area contributed by atoms with Crippen LogP contribution >= 0.6 is 0 Å². The second kappa shape index (κ2) is 6.23. The van der Waals surface area contributed by atoms with Crippen molar-refractivity contribution < 1.29 is 19.8 Å². The number of nitrogens with one attached hydrogen (secondary N) is 2. The molecule has 0 spiro atoms. The Morgan fingerprint density at radius 3 is 2.32 bits per heavy atom. The highest BCUT2D eigenvalue weighted by Crippen LogP contribution is 2.43. The molecule has 0 atom stereocenters. The minimum atomic E-state index is -0.944. The van der Waals surface area contributed by atoms with E-state index < -0.39 is 23.0 Å². The van der Waals surface area contributed by atoms with Crippen LogP contribution in [0.5, 0.6) is 0 Å². The van der Waals surface area contributed by atoms with Gasteiger partial charge < -0.3 is 20.8 Å². The molecule has 0 heterocycles. The lowest BCUT2D eigenvalue weighted by atomic mass is 9.73. The Bertz CT molecular complexity index is 336. The van der Waals surface area contributed by atoms with Crippen LogP contribution in [0.25, 0.3) is 0 Å². The van der Waals surface area contributed by atoms with Crippen LogP contribution in [0, 0.1) is 5.41 Å². The van der Waals surface area contributed by atoms with Crippen LogP contribution in [-0.4, -0.2) is 40.9 Å². The number of carbonyl (C=O) groups is 2. The number of amides is 2.